The highest BCUT2D eigenvalue weighted by Gasteiger charge is 1.99. The highest BCUT2D eigenvalue weighted by Crippen LogP contribution is 2.17. The molecular weight excluding hydrogens is 282 g/mol. The van der Waals surface area contributed by atoms with Crippen LogP contribution in [0.1, 0.15) is 11.3 Å². The minimum absolute atomic E-state index is 0.176. The van der Waals surface area contributed by atoms with E-state index in [2.05, 4.69) is 31.2 Å². The molecule has 4 nitrogen and oxygen atoms in total. The minimum Gasteiger partial charge on any atom is -0.506 e. The number of halogens is 1. The van der Waals surface area contributed by atoms with Crippen LogP contribution in [-0.4, -0.2) is 15.1 Å². The smallest absolute Gasteiger partial charge is 0.133 e. The molecule has 2 N–H and O–H groups in total. The van der Waals surface area contributed by atoms with Gasteiger partial charge in [-0.15, -0.1) is 0 Å². The molecule has 0 atom stereocenters. The van der Waals surface area contributed by atoms with Crippen molar-refractivity contribution in [3.8, 4) is 5.75 Å². The molecule has 0 fully saturated rings. The van der Waals surface area contributed by atoms with Crippen LogP contribution in [0.3, 0.4) is 0 Å². The Labute approximate surface area is 108 Å². The molecule has 0 aliphatic heterocycles. The Hall–Kier alpha value is -1.62. The molecule has 2 aromatic heterocycles. The molecule has 0 amide bonds. The molecule has 0 unspecified atom stereocenters. The highest BCUT2D eigenvalue weighted by atomic mass is 79.9. The first kappa shape index (κ1) is 11.9. The van der Waals surface area contributed by atoms with Gasteiger partial charge in [0.05, 0.1) is 30.3 Å². The van der Waals surface area contributed by atoms with Crippen LogP contribution in [0.15, 0.2) is 35.2 Å². The Bertz CT molecular complexity index is 514. The summed E-state index contributed by atoms with van der Waals surface area (Å²) in [7, 11) is 0. The van der Waals surface area contributed by atoms with Crippen LogP contribution in [0, 0.1) is 6.92 Å². The van der Waals surface area contributed by atoms with Crippen molar-refractivity contribution in [1.82, 2.24) is 9.97 Å². The summed E-state index contributed by atoms with van der Waals surface area (Å²) in [6.07, 6.45) is 3.19. The number of anilines is 1. The lowest BCUT2D eigenvalue weighted by molar-refractivity contribution is 0.472. The summed E-state index contributed by atoms with van der Waals surface area (Å²) < 4.78 is 0.853. The number of rotatable bonds is 3. The zero-order valence-corrected chi connectivity index (χ0v) is 10.9. The first-order valence-corrected chi connectivity index (χ1v) is 5.94. The van der Waals surface area contributed by atoms with Crippen molar-refractivity contribution in [3.05, 3.63) is 46.5 Å². The second kappa shape index (κ2) is 5.14. The van der Waals surface area contributed by atoms with Crippen LogP contribution in [0.4, 0.5) is 5.69 Å². The molecule has 0 saturated carbocycles. The van der Waals surface area contributed by atoms with Crippen molar-refractivity contribution in [2.45, 2.75) is 13.5 Å². The molecule has 0 bridgehead atoms. The highest BCUT2D eigenvalue weighted by molar-refractivity contribution is 9.10. The number of aromatic hydroxyl groups is 1. The average molecular weight is 294 g/mol. The summed E-state index contributed by atoms with van der Waals surface area (Å²) in [5.74, 6) is 0.176. The molecule has 0 aromatic carbocycles. The third-order valence-electron chi connectivity index (χ3n) is 2.30. The molecule has 2 heterocycles. The van der Waals surface area contributed by atoms with Crippen molar-refractivity contribution in [2.75, 3.05) is 5.32 Å². The van der Waals surface area contributed by atoms with Gasteiger partial charge >= 0.3 is 0 Å². The summed E-state index contributed by atoms with van der Waals surface area (Å²) in [6.45, 7) is 2.59. The zero-order valence-electron chi connectivity index (χ0n) is 9.31. The summed E-state index contributed by atoms with van der Waals surface area (Å²) in [4.78, 5) is 8.29. The predicted octanol–water partition coefficient (Wildman–Crippen LogP) is 2.87. The van der Waals surface area contributed by atoms with E-state index in [4.69, 9.17) is 5.11 Å². The summed E-state index contributed by atoms with van der Waals surface area (Å²) in [5, 5.41) is 12.3. The van der Waals surface area contributed by atoms with E-state index in [0.717, 1.165) is 21.5 Å². The van der Waals surface area contributed by atoms with Gasteiger partial charge in [0.15, 0.2) is 0 Å². The third-order valence-corrected chi connectivity index (χ3v) is 3.13. The fraction of sp³-hybridized carbons (Fsp3) is 0.167. The fourth-order valence-electron chi connectivity index (χ4n) is 1.37. The normalized spacial score (nSPS) is 10.2. The molecule has 0 radical (unpaired) electrons. The van der Waals surface area contributed by atoms with E-state index in [0.29, 0.717) is 6.54 Å². The molecule has 88 valence electrons. The second-order valence-corrected chi connectivity index (χ2v) is 4.44. The number of nitrogens with zero attached hydrogens (tertiary/aromatic N) is 2. The van der Waals surface area contributed by atoms with E-state index in [9.17, 15) is 0 Å². The van der Waals surface area contributed by atoms with E-state index in [1.807, 2.05) is 13.0 Å². The lowest BCUT2D eigenvalue weighted by atomic mass is 10.3. The molecule has 2 aromatic rings. The first-order chi connectivity index (χ1) is 8.15. The number of nitrogens with one attached hydrogen (secondary N) is 1. The minimum atomic E-state index is 0.176. The maximum Gasteiger partial charge on any atom is 0.133 e. The maximum absolute atomic E-state index is 9.11. The largest absolute Gasteiger partial charge is 0.506 e. The lowest BCUT2D eigenvalue weighted by Gasteiger charge is -2.07. The molecule has 0 saturated heterocycles. The van der Waals surface area contributed by atoms with E-state index in [1.54, 1.807) is 18.3 Å². The fourth-order valence-corrected chi connectivity index (χ4v) is 1.59. The monoisotopic (exact) mass is 293 g/mol. The van der Waals surface area contributed by atoms with Crippen molar-refractivity contribution >= 4 is 21.6 Å². The SMILES string of the molecule is Cc1cc(NCc2ccc(O)cn2)cnc1Br. The quantitative estimate of drug-likeness (QED) is 0.855. The van der Waals surface area contributed by atoms with Gasteiger partial charge in [-0.05, 0) is 46.6 Å². The maximum atomic E-state index is 9.11. The third kappa shape index (κ3) is 3.17. The molecule has 0 aliphatic carbocycles. The number of aromatic nitrogens is 2. The average Bonchev–Trinajstić information content (AvgIpc) is 2.33. The van der Waals surface area contributed by atoms with Crippen LogP contribution in [0.25, 0.3) is 0 Å². The number of pyridine rings is 2. The van der Waals surface area contributed by atoms with E-state index >= 15 is 0 Å². The Morgan fingerprint density at radius 2 is 2.12 bits per heavy atom. The summed E-state index contributed by atoms with van der Waals surface area (Å²) in [6, 6.07) is 5.41. The molecule has 5 heteroatoms. The van der Waals surface area contributed by atoms with E-state index in [-0.39, 0.29) is 5.75 Å². The van der Waals surface area contributed by atoms with Gasteiger partial charge in [-0.25, -0.2) is 4.98 Å². The van der Waals surface area contributed by atoms with E-state index in [1.165, 1.54) is 6.20 Å². The van der Waals surface area contributed by atoms with Crippen LogP contribution in [0.5, 0.6) is 5.75 Å². The molecule has 0 spiro atoms. The molecule has 17 heavy (non-hydrogen) atoms. The van der Waals surface area contributed by atoms with Gasteiger partial charge in [-0.1, -0.05) is 0 Å². The second-order valence-electron chi connectivity index (χ2n) is 3.69. The van der Waals surface area contributed by atoms with Crippen molar-refractivity contribution < 1.29 is 5.11 Å². The molecule has 2 rings (SSSR count). The van der Waals surface area contributed by atoms with Crippen LogP contribution in [-0.2, 0) is 6.54 Å². The van der Waals surface area contributed by atoms with Crippen molar-refractivity contribution in [1.29, 1.82) is 0 Å². The van der Waals surface area contributed by atoms with Gasteiger partial charge in [0.1, 0.15) is 10.4 Å². The number of hydrogen-bond donors (Lipinski definition) is 2. The van der Waals surface area contributed by atoms with Crippen LogP contribution >= 0.6 is 15.9 Å². The lowest BCUT2D eigenvalue weighted by Crippen LogP contribution is -2.02. The Balaban J connectivity index is 2.02. The van der Waals surface area contributed by atoms with Crippen LogP contribution < -0.4 is 5.32 Å². The van der Waals surface area contributed by atoms with Gasteiger partial charge in [-0.2, -0.15) is 0 Å². The Morgan fingerprint density at radius 3 is 2.76 bits per heavy atom. The van der Waals surface area contributed by atoms with Crippen molar-refractivity contribution in [2.24, 2.45) is 0 Å². The first-order valence-electron chi connectivity index (χ1n) is 5.15. The number of hydrogen-bond acceptors (Lipinski definition) is 4. The Morgan fingerprint density at radius 1 is 1.29 bits per heavy atom. The summed E-state index contributed by atoms with van der Waals surface area (Å²) >= 11 is 3.35. The number of aryl methyl sites for hydroxylation is 1. The zero-order chi connectivity index (χ0) is 12.3. The predicted molar refractivity (Wildman–Crippen MR) is 69.9 cm³/mol. The topological polar surface area (TPSA) is 58.0 Å². The molecule has 0 aliphatic rings. The van der Waals surface area contributed by atoms with Crippen molar-refractivity contribution in [3.63, 3.8) is 0 Å². The van der Waals surface area contributed by atoms with Crippen LogP contribution in [0.2, 0.25) is 0 Å². The molecular formula is C12H12BrN3O. The van der Waals surface area contributed by atoms with Gasteiger partial charge in [0.2, 0.25) is 0 Å². The summed E-state index contributed by atoms with van der Waals surface area (Å²) in [5.41, 5.74) is 2.89. The standard InChI is InChI=1S/C12H12BrN3O/c1-8-4-10(6-16-12(8)13)14-5-9-2-3-11(17)7-15-9/h2-4,6-7,14,17H,5H2,1H3. The van der Waals surface area contributed by atoms with E-state index < -0.39 is 0 Å². The van der Waals surface area contributed by atoms with Gasteiger partial charge < -0.3 is 10.4 Å². The Kier molecular flexibility index (Phi) is 3.58. The van der Waals surface area contributed by atoms with Gasteiger partial charge in [0.25, 0.3) is 0 Å². The van der Waals surface area contributed by atoms with Gasteiger partial charge in [0, 0.05) is 0 Å². The van der Waals surface area contributed by atoms with Gasteiger partial charge in [-0.3, -0.25) is 4.98 Å².